The summed E-state index contributed by atoms with van der Waals surface area (Å²) in [6.07, 6.45) is 1.72. The number of nitrogens with zero attached hydrogens (tertiary/aromatic N) is 2. The molecule has 0 saturated carbocycles. The Labute approximate surface area is 184 Å². The summed E-state index contributed by atoms with van der Waals surface area (Å²) >= 11 is 0. The zero-order valence-corrected chi connectivity index (χ0v) is 17.2. The number of carboxylic acids is 1. The molecule has 0 saturated heterocycles. The van der Waals surface area contributed by atoms with Crippen molar-refractivity contribution < 1.29 is 19.4 Å². The molecule has 1 heterocycles. The second-order valence-electron chi connectivity index (χ2n) is 6.98. The van der Waals surface area contributed by atoms with Crippen LogP contribution in [0.4, 0.5) is 0 Å². The number of allylic oxidation sites excluding steroid dienone is 1. The Hall–Kier alpha value is -4.57. The summed E-state index contributed by atoms with van der Waals surface area (Å²) in [6, 6.07) is 21.7. The molecule has 1 aromatic heterocycles. The Balaban J connectivity index is 1.56. The number of hydrogen-bond donors (Lipinski definition) is 2. The molecule has 0 radical (unpaired) electrons. The van der Waals surface area contributed by atoms with E-state index in [1.54, 1.807) is 36.4 Å². The van der Waals surface area contributed by atoms with E-state index in [0.29, 0.717) is 22.9 Å². The van der Waals surface area contributed by atoms with E-state index < -0.39 is 5.97 Å². The van der Waals surface area contributed by atoms with E-state index in [-0.39, 0.29) is 12.2 Å². The van der Waals surface area contributed by atoms with Crippen LogP contribution in [0.1, 0.15) is 27.3 Å². The highest BCUT2D eigenvalue weighted by molar-refractivity contribution is 5.90. The lowest BCUT2D eigenvalue weighted by Crippen LogP contribution is -2.01. The van der Waals surface area contributed by atoms with Crippen LogP contribution in [0.2, 0.25) is 0 Å². The first-order valence-electron chi connectivity index (χ1n) is 9.77. The highest BCUT2D eigenvalue weighted by atomic mass is 16.5. The molecule has 7 heteroatoms. The van der Waals surface area contributed by atoms with Crippen LogP contribution in [0.25, 0.3) is 22.7 Å². The lowest BCUT2D eigenvalue weighted by Gasteiger charge is -2.12. The number of nitriles is 1. The number of rotatable bonds is 7. The molecule has 0 spiro atoms. The van der Waals surface area contributed by atoms with Crippen LogP contribution in [0.3, 0.4) is 0 Å². The Kier molecular flexibility index (Phi) is 5.86. The number of H-pyrrole nitrogens is 1. The van der Waals surface area contributed by atoms with Gasteiger partial charge in [-0.1, -0.05) is 30.3 Å². The van der Waals surface area contributed by atoms with Crippen LogP contribution in [0.15, 0.2) is 66.7 Å². The number of aromatic carboxylic acids is 1. The summed E-state index contributed by atoms with van der Waals surface area (Å²) in [5.74, 6) is 0.507. The highest BCUT2D eigenvalue weighted by Gasteiger charge is 2.11. The highest BCUT2D eigenvalue weighted by Crippen LogP contribution is 2.30. The number of benzene rings is 3. The molecule has 0 unspecified atom stereocenters. The van der Waals surface area contributed by atoms with E-state index in [4.69, 9.17) is 14.6 Å². The molecule has 3 aromatic carbocycles. The predicted molar refractivity (Wildman–Crippen MR) is 120 cm³/mol. The van der Waals surface area contributed by atoms with Crippen molar-refractivity contribution in [1.29, 1.82) is 5.26 Å². The van der Waals surface area contributed by atoms with Crippen LogP contribution in [0, 0.1) is 11.3 Å². The van der Waals surface area contributed by atoms with Gasteiger partial charge in [-0.25, -0.2) is 9.78 Å². The van der Waals surface area contributed by atoms with Crippen molar-refractivity contribution in [3.63, 3.8) is 0 Å². The van der Waals surface area contributed by atoms with Gasteiger partial charge in [0.1, 0.15) is 18.5 Å². The van der Waals surface area contributed by atoms with Gasteiger partial charge in [-0.05, 0) is 53.6 Å². The van der Waals surface area contributed by atoms with Gasteiger partial charge < -0.3 is 19.6 Å². The summed E-state index contributed by atoms with van der Waals surface area (Å²) in [4.78, 5) is 18.8. The summed E-state index contributed by atoms with van der Waals surface area (Å²) in [7, 11) is 1.53. The molecule has 0 amide bonds. The number of hydrogen-bond acceptors (Lipinski definition) is 5. The number of ether oxygens (including phenoxy) is 2. The number of imidazole rings is 1. The number of carbonyl (C=O) groups is 1. The van der Waals surface area contributed by atoms with Gasteiger partial charge in [-0.3, -0.25) is 0 Å². The Morgan fingerprint density at radius 3 is 2.72 bits per heavy atom. The molecule has 158 valence electrons. The molecule has 4 rings (SSSR count). The van der Waals surface area contributed by atoms with Gasteiger partial charge in [0, 0.05) is 0 Å². The maximum absolute atomic E-state index is 11.1. The van der Waals surface area contributed by atoms with Crippen molar-refractivity contribution in [3.05, 3.63) is 89.2 Å². The molecule has 0 fully saturated rings. The maximum Gasteiger partial charge on any atom is 0.335 e. The van der Waals surface area contributed by atoms with Crippen LogP contribution in [0.5, 0.6) is 11.5 Å². The number of methoxy groups -OCH3 is 1. The zero-order chi connectivity index (χ0) is 22.5. The van der Waals surface area contributed by atoms with E-state index >= 15 is 0 Å². The molecule has 2 N–H and O–H groups in total. The molecule has 0 aliphatic heterocycles. The van der Waals surface area contributed by atoms with Crippen LogP contribution >= 0.6 is 0 Å². The molecule has 32 heavy (non-hydrogen) atoms. The average Bonchev–Trinajstić information content (AvgIpc) is 3.25. The minimum Gasteiger partial charge on any atom is -0.493 e. The van der Waals surface area contributed by atoms with Gasteiger partial charge in [-0.2, -0.15) is 5.26 Å². The predicted octanol–water partition coefficient (Wildman–Crippen LogP) is 4.91. The minimum atomic E-state index is -0.988. The third-order valence-corrected chi connectivity index (χ3v) is 4.83. The van der Waals surface area contributed by atoms with Gasteiger partial charge in [0.25, 0.3) is 0 Å². The molecule has 0 bridgehead atoms. The van der Waals surface area contributed by atoms with E-state index in [9.17, 15) is 10.1 Å². The first kappa shape index (κ1) is 20.7. The van der Waals surface area contributed by atoms with Gasteiger partial charge in [0.15, 0.2) is 11.5 Å². The summed E-state index contributed by atoms with van der Waals surface area (Å²) in [5.41, 5.74) is 3.72. The number of para-hydroxylation sites is 2. The lowest BCUT2D eigenvalue weighted by atomic mass is 10.1. The van der Waals surface area contributed by atoms with Crippen molar-refractivity contribution in [2.24, 2.45) is 0 Å². The smallest absolute Gasteiger partial charge is 0.335 e. The Bertz CT molecular complexity index is 1330. The second kappa shape index (κ2) is 9.06. The van der Waals surface area contributed by atoms with Gasteiger partial charge in [0.2, 0.25) is 0 Å². The van der Waals surface area contributed by atoms with E-state index in [1.165, 1.54) is 13.2 Å². The molecule has 4 aromatic rings. The molecule has 0 atom stereocenters. The van der Waals surface area contributed by atoms with E-state index in [0.717, 1.165) is 22.2 Å². The zero-order valence-electron chi connectivity index (χ0n) is 17.2. The van der Waals surface area contributed by atoms with Crippen molar-refractivity contribution in [2.75, 3.05) is 7.11 Å². The third-order valence-electron chi connectivity index (χ3n) is 4.83. The normalized spacial score (nSPS) is 11.2. The first-order chi connectivity index (χ1) is 15.6. The summed E-state index contributed by atoms with van der Waals surface area (Å²) < 4.78 is 11.3. The molecule has 0 aliphatic rings. The van der Waals surface area contributed by atoms with Gasteiger partial charge >= 0.3 is 5.97 Å². The second-order valence-corrected chi connectivity index (χ2v) is 6.98. The van der Waals surface area contributed by atoms with E-state index in [2.05, 4.69) is 16.0 Å². The fraction of sp³-hybridized carbons (Fsp3) is 0.0800. The van der Waals surface area contributed by atoms with Crippen molar-refractivity contribution in [1.82, 2.24) is 9.97 Å². The van der Waals surface area contributed by atoms with Crippen molar-refractivity contribution in [3.8, 4) is 17.6 Å². The topological polar surface area (TPSA) is 108 Å². The number of carboxylic acid groups (broad SMARTS) is 1. The van der Waals surface area contributed by atoms with Crippen molar-refractivity contribution >= 4 is 28.7 Å². The number of aromatic nitrogens is 2. The monoisotopic (exact) mass is 425 g/mol. The molecule has 0 aliphatic carbocycles. The summed E-state index contributed by atoms with van der Waals surface area (Å²) in [6.45, 7) is 0.190. The van der Waals surface area contributed by atoms with Gasteiger partial charge in [0.05, 0.1) is 29.3 Å². The average molecular weight is 425 g/mol. The van der Waals surface area contributed by atoms with Crippen LogP contribution in [-0.4, -0.2) is 28.2 Å². The fourth-order valence-corrected chi connectivity index (χ4v) is 3.25. The third kappa shape index (κ3) is 4.45. The van der Waals surface area contributed by atoms with Crippen molar-refractivity contribution in [2.45, 2.75) is 6.61 Å². The van der Waals surface area contributed by atoms with Gasteiger partial charge in [-0.15, -0.1) is 0 Å². The maximum atomic E-state index is 11.1. The molecule has 7 nitrogen and oxygen atoms in total. The molecular formula is C25H19N3O4. The Morgan fingerprint density at radius 2 is 1.97 bits per heavy atom. The lowest BCUT2D eigenvalue weighted by molar-refractivity contribution is 0.0696. The van der Waals surface area contributed by atoms with E-state index in [1.807, 2.05) is 30.3 Å². The molecular weight excluding hydrogens is 406 g/mol. The summed E-state index contributed by atoms with van der Waals surface area (Å²) in [5, 5.41) is 18.8. The largest absolute Gasteiger partial charge is 0.493 e. The van der Waals surface area contributed by atoms with Crippen LogP contribution < -0.4 is 9.47 Å². The standard InChI is InChI=1S/C25H19N3O4/c1-31-23-13-16(11-19(14-26)24-27-20-7-2-3-8-21(20)28-24)9-10-22(23)32-15-17-5-4-6-18(12-17)25(29)30/h2-13H,15H2,1H3,(H,27,28)(H,29,30). The minimum absolute atomic E-state index is 0.190. The number of fused-ring (bicyclic) bond motifs is 1. The fourth-order valence-electron chi connectivity index (χ4n) is 3.25. The SMILES string of the molecule is COc1cc(C=C(C#N)c2nc3ccccc3[nH]2)ccc1OCc1cccc(C(=O)O)c1. The number of aromatic amines is 1. The number of nitrogens with one attached hydrogen (secondary N) is 1. The van der Waals surface area contributed by atoms with Crippen LogP contribution in [-0.2, 0) is 6.61 Å². The Morgan fingerprint density at radius 1 is 1.12 bits per heavy atom. The first-order valence-corrected chi connectivity index (χ1v) is 9.77. The quantitative estimate of drug-likeness (QED) is 0.407.